The van der Waals surface area contributed by atoms with Crippen LogP contribution in [0.4, 0.5) is 0 Å². The van der Waals surface area contributed by atoms with Gasteiger partial charge in [0.2, 0.25) is 0 Å². The zero-order valence-electron chi connectivity index (χ0n) is 8.63. The minimum Gasteiger partial charge on any atom is -0.290 e. The molecule has 0 aliphatic carbocycles. The zero-order chi connectivity index (χ0) is 10.6. The highest BCUT2D eigenvalue weighted by molar-refractivity contribution is 5.94. The van der Waals surface area contributed by atoms with E-state index in [4.69, 9.17) is 5.84 Å². The van der Waals surface area contributed by atoms with Crippen LogP contribution in [0.15, 0.2) is 18.2 Å². The molecule has 0 aromatic heterocycles. The van der Waals surface area contributed by atoms with Gasteiger partial charge in [0.25, 0.3) is 5.91 Å². The van der Waals surface area contributed by atoms with Crippen LogP contribution in [0.1, 0.15) is 35.3 Å². The quantitative estimate of drug-likeness (QED) is 0.432. The highest BCUT2D eigenvalue weighted by Crippen LogP contribution is 2.11. The summed E-state index contributed by atoms with van der Waals surface area (Å²) >= 11 is 0. The second kappa shape index (κ2) is 4.77. The van der Waals surface area contributed by atoms with Crippen molar-refractivity contribution in [2.75, 3.05) is 0 Å². The molecule has 0 saturated carbocycles. The molecule has 0 atom stereocenters. The molecule has 0 bridgehead atoms. The molecule has 76 valence electrons. The second-order valence-electron chi connectivity index (χ2n) is 3.22. The van der Waals surface area contributed by atoms with Crippen molar-refractivity contribution in [2.24, 2.45) is 5.84 Å². The van der Waals surface area contributed by atoms with E-state index in [2.05, 4.69) is 25.3 Å². The summed E-state index contributed by atoms with van der Waals surface area (Å²) in [6.07, 6.45) is 1.86. The van der Waals surface area contributed by atoms with Crippen LogP contribution in [-0.4, -0.2) is 5.91 Å². The lowest BCUT2D eigenvalue weighted by Gasteiger charge is -2.06. The summed E-state index contributed by atoms with van der Waals surface area (Å²) in [6.45, 7) is 4.14. The Hall–Kier alpha value is -1.35. The molecule has 1 aromatic carbocycles. The molecule has 0 radical (unpaired) electrons. The van der Waals surface area contributed by atoms with Crippen LogP contribution in [0.25, 0.3) is 0 Å². The van der Waals surface area contributed by atoms with Gasteiger partial charge in [-0.1, -0.05) is 19.9 Å². The summed E-state index contributed by atoms with van der Waals surface area (Å²) in [7, 11) is 0. The van der Waals surface area contributed by atoms with Crippen LogP contribution < -0.4 is 11.3 Å². The van der Waals surface area contributed by atoms with Crippen molar-refractivity contribution in [3.8, 4) is 0 Å². The normalized spacial score (nSPS) is 9.93. The Morgan fingerprint density at radius 2 is 1.71 bits per heavy atom. The van der Waals surface area contributed by atoms with E-state index in [0.717, 1.165) is 12.8 Å². The number of nitrogens with two attached hydrogens (primary N) is 1. The van der Waals surface area contributed by atoms with E-state index in [1.807, 2.05) is 12.1 Å². The largest absolute Gasteiger partial charge is 0.290 e. The number of amides is 1. The number of nitrogen functional groups attached to an aromatic ring is 1. The van der Waals surface area contributed by atoms with E-state index in [-0.39, 0.29) is 5.91 Å². The molecule has 0 aliphatic heterocycles. The molecule has 1 aromatic rings. The van der Waals surface area contributed by atoms with Crippen molar-refractivity contribution in [2.45, 2.75) is 26.7 Å². The van der Waals surface area contributed by atoms with Gasteiger partial charge in [0.05, 0.1) is 0 Å². The maximum atomic E-state index is 11.3. The van der Waals surface area contributed by atoms with Gasteiger partial charge in [0.15, 0.2) is 0 Å². The lowest BCUT2D eigenvalue weighted by atomic mass is 10.0. The number of hydrazine groups is 1. The maximum Gasteiger partial charge on any atom is 0.265 e. The Balaban J connectivity index is 3.10. The second-order valence-corrected chi connectivity index (χ2v) is 3.22. The fourth-order valence-corrected chi connectivity index (χ4v) is 1.39. The molecular formula is C11H16N2O. The minimum absolute atomic E-state index is 0.227. The van der Waals surface area contributed by atoms with Crippen LogP contribution in [0.2, 0.25) is 0 Å². The van der Waals surface area contributed by atoms with Crippen LogP contribution in [0.3, 0.4) is 0 Å². The number of rotatable bonds is 3. The topological polar surface area (TPSA) is 55.1 Å². The molecule has 3 heteroatoms. The van der Waals surface area contributed by atoms with Gasteiger partial charge in [0.1, 0.15) is 0 Å². The van der Waals surface area contributed by atoms with E-state index in [0.29, 0.717) is 5.56 Å². The van der Waals surface area contributed by atoms with Crippen molar-refractivity contribution in [1.29, 1.82) is 0 Å². The molecule has 1 rings (SSSR count). The first-order chi connectivity index (χ1) is 6.71. The Labute approximate surface area is 84.3 Å². The SMILES string of the molecule is CCc1cc(CC)cc(C(=O)NN)c1. The number of hydrogen-bond donors (Lipinski definition) is 2. The molecule has 0 unspecified atom stereocenters. The first-order valence-electron chi connectivity index (χ1n) is 4.85. The summed E-state index contributed by atoms with van der Waals surface area (Å²) in [5.74, 6) is 4.86. The third-order valence-electron chi connectivity index (χ3n) is 2.26. The smallest absolute Gasteiger partial charge is 0.265 e. The van der Waals surface area contributed by atoms with Crippen molar-refractivity contribution >= 4 is 5.91 Å². The third kappa shape index (κ3) is 2.33. The van der Waals surface area contributed by atoms with E-state index in [9.17, 15) is 4.79 Å². The Kier molecular flexibility index (Phi) is 3.65. The fraction of sp³-hybridized carbons (Fsp3) is 0.364. The summed E-state index contributed by atoms with van der Waals surface area (Å²) in [5.41, 5.74) is 5.13. The number of nitrogens with one attached hydrogen (secondary N) is 1. The Bertz CT molecular complexity index is 312. The van der Waals surface area contributed by atoms with Gasteiger partial charge < -0.3 is 0 Å². The van der Waals surface area contributed by atoms with Crippen LogP contribution >= 0.6 is 0 Å². The monoisotopic (exact) mass is 192 g/mol. The zero-order valence-corrected chi connectivity index (χ0v) is 8.63. The molecular weight excluding hydrogens is 176 g/mol. The highest BCUT2D eigenvalue weighted by Gasteiger charge is 2.05. The van der Waals surface area contributed by atoms with Gasteiger partial charge in [0, 0.05) is 5.56 Å². The van der Waals surface area contributed by atoms with Crippen molar-refractivity contribution in [3.05, 3.63) is 34.9 Å². The molecule has 3 N–H and O–H groups in total. The first-order valence-corrected chi connectivity index (χ1v) is 4.85. The molecule has 0 aliphatic rings. The first kappa shape index (κ1) is 10.7. The summed E-state index contributed by atoms with van der Waals surface area (Å²) in [4.78, 5) is 11.3. The van der Waals surface area contributed by atoms with Gasteiger partial charge in [-0.2, -0.15) is 0 Å². The molecule has 0 saturated heterocycles. The van der Waals surface area contributed by atoms with Crippen molar-refractivity contribution < 1.29 is 4.79 Å². The molecule has 0 heterocycles. The number of benzene rings is 1. The Morgan fingerprint density at radius 1 is 1.21 bits per heavy atom. The number of carbonyl (C=O) groups is 1. The van der Waals surface area contributed by atoms with Crippen molar-refractivity contribution in [1.82, 2.24) is 5.43 Å². The Morgan fingerprint density at radius 3 is 2.07 bits per heavy atom. The van der Waals surface area contributed by atoms with Gasteiger partial charge >= 0.3 is 0 Å². The third-order valence-corrected chi connectivity index (χ3v) is 2.26. The number of aryl methyl sites for hydroxylation is 2. The standard InChI is InChI=1S/C11H16N2O/c1-3-8-5-9(4-2)7-10(6-8)11(14)13-12/h5-7H,3-4,12H2,1-2H3,(H,13,14). The summed E-state index contributed by atoms with van der Waals surface area (Å²) < 4.78 is 0. The van der Waals surface area contributed by atoms with Crippen LogP contribution in [0.5, 0.6) is 0 Å². The van der Waals surface area contributed by atoms with Crippen LogP contribution in [0, 0.1) is 0 Å². The molecule has 0 fully saturated rings. The average Bonchev–Trinajstić information content (AvgIpc) is 2.27. The molecule has 1 amide bonds. The molecule has 0 spiro atoms. The fourth-order valence-electron chi connectivity index (χ4n) is 1.39. The maximum absolute atomic E-state index is 11.3. The van der Waals surface area contributed by atoms with Gasteiger partial charge in [-0.05, 0) is 36.1 Å². The van der Waals surface area contributed by atoms with E-state index >= 15 is 0 Å². The molecule has 3 nitrogen and oxygen atoms in total. The van der Waals surface area contributed by atoms with Gasteiger partial charge in [-0.25, -0.2) is 5.84 Å². The van der Waals surface area contributed by atoms with Crippen LogP contribution in [-0.2, 0) is 12.8 Å². The van der Waals surface area contributed by atoms with E-state index < -0.39 is 0 Å². The highest BCUT2D eigenvalue weighted by atomic mass is 16.2. The molecule has 14 heavy (non-hydrogen) atoms. The summed E-state index contributed by atoms with van der Waals surface area (Å²) in [6, 6.07) is 5.87. The van der Waals surface area contributed by atoms with Crippen molar-refractivity contribution in [3.63, 3.8) is 0 Å². The lowest BCUT2D eigenvalue weighted by molar-refractivity contribution is 0.0953. The predicted octanol–water partition coefficient (Wildman–Crippen LogP) is 1.41. The van der Waals surface area contributed by atoms with Gasteiger partial charge in [-0.15, -0.1) is 0 Å². The van der Waals surface area contributed by atoms with Gasteiger partial charge in [-0.3, -0.25) is 10.2 Å². The number of carbonyl (C=O) groups excluding carboxylic acids is 1. The minimum atomic E-state index is -0.227. The number of hydrogen-bond acceptors (Lipinski definition) is 2. The lowest BCUT2D eigenvalue weighted by Crippen LogP contribution is -2.30. The summed E-state index contributed by atoms with van der Waals surface area (Å²) in [5, 5.41) is 0. The van der Waals surface area contributed by atoms with E-state index in [1.165, 1.54) is 11.1 Å². The van der Waals surface area contributed by atoms with E-state index in [1.54, 1.807) is 0 Å². The average molecular weight is 192 g/mol. The predicted molar refractivity (Wildman–Crippen MR) is 56.9 cm³/mol.